The molecule has 20 heavy (non-hydrogen) atoms. The highest BCUT2D eigenvalue weighted by Gasteiger charge is 2.43. The van der Waals surface area contributed by atoms with Gasteiger partial charge in [0.2, 0.25) is 5.43 Å². The van der Waals surface area contributed by atoms with Crippen LogP contribution in [0, 0.1) is 5.41 Å². The zero-order chi connectivity index (χ0) is 15.0. The van der Waals surface area contributed by atoms with Crippen molar-refractivity contribution in [3.05, 3.63) is 28.2 Å². The lowest BCUT2D eigenvalue weighted by Gasteiger charge is -2.48. The smallest absolute Gasteiger partial charge is 0.223 e. The Balaban J connectivity index is 2.08. The number of H-pyrrole nitrogens is 1. The molecule has 112 valence electrons. The Hall–Kier alpha value is -1.33. The number of ether oxygens (including phenoxy) is 1. The van der Waals surface area contributed by atoms with Crippen molar-refractivity contribution < 1.29 is 9.84 Å². The molecule has 0 spiro atoms. The van der Waals surface area contributed by atoms with E-state index in [2.05, 4.69) is 23.7 Å². The maximum atomic E-state index is 11.7. The van der Waals surface area contributed by atoms with Crippen LogP contribution >= 0.6 is 0 Å². The summed E-state index contributed by atoms with van der Waals surface area (Å²) in [6, 6.07) is 1.58. The molecule has 0 aliphatic carbocycles. The van der Waals surface area contributed by atoms with Gasteiger partial charge in [-0.2, -0.15) is 0 Å². The fourth-order valence-corrected chi connectivity index (χ4v) is 2.65. The van der Waals surface area contributed by atoms with Crippen molar-refractivity contribution in [2.75, 3.05) is 20.2 Å². The van der Waals surface area contributed by atoms with Crippen LogP contribution in [0.3, 0.4) is 0 Å². The molecule has 0 amide bonds. The van der Waals surface area contributed by atoms with Gasteiger partial charge in [-0.05, 0) is 13.3 Å². The van der Waals surface area contributed by atoms with E-state index in [-0.39, 0.29) is 10.8 Å². The average Bonchev–Trinajstić information content (AvgIpc) is 2.34. The first kappa shape index (κ1) is 15.1. The molecule has 5 heteroatoms. The Morgan fingerprint density at radius 1 is 1.45 bits per heavy atom. The van der Waals surface area contributed by atoms with E-state index >= 15 is 0 Å². The zero-order valence-corrected chi connectivity index (χ0v) is 12.7. The molecular formula is C15H24N2O3. The van der Waals surface area contributed by atoms with Gasteiger partial charge in [-0.1, -0.05) is 13.8 Å². The van der Waals surface area contributed by atoms with Gasteiger partial charge in [0.15, 0.2) is 5.75 Å². The van der Waals surface area contributed by atoms with Crippen LogP contribution in [0.2, 0.25) is 0 Å². The molecule has 0 unspecified atom stereocenters. The lowest BCUT2D eigenvalue weighted by Crippen LogP contribution is -2.55. The average molecular weight is 280 g/mol. The van der Waals surface area contributed by atoms with Gasteiger partial charge in [0.05, 0.1) is 12.7 Å². The zero-order valence-electron chi connectivity index (χ0n) is 12.7. The Morgan fingerprint density at radius 2 is 2.15 bits per heavy atom. The summed E-state index contributed by atoms with van der Waals surface area (Å²) in [6.45, 7) is 8.36. The van der Waals surface area contributed by atoms with Crippen LogP contribution in [0.25, 0.3) is 0 Å². The highest BCUT2D eigenvalue weighted by molar-refractivity contribution is 5.20. The Morgan fingerprint density at radius 3 is 2.70 bits per heavy atom. The minimum atomic E-state index is -0.642. The number of rotatable bonds is 3. The Kier molecular flexibility index (Phi) is 3.93. The van der Waals surface area contributed by atoms with E-state index in [1.807, 2.05) is 6.92 Å². The SMILES string of the molecule is COc1c[nH]c(CN2CC[C@@](C)(O)C(C)(C)C2)cc1=O. The van der Waals surface area contributed by atoms with E-state index in [9.17, 15) is 9.90 Å². The number of hydrogen-bond donors (Lipinski definition) is 2. The number of methoxy groups -OCH3 is 1. The van der Waals surface area contributed by atoms with Crippen LogP contribution in [0.4, 0.5) is 0 Å². The summed E-state index contributed by atoms with van der Waals surface area (Å²) >= 11 is 0. The van der Waals surface area contributed by atoms with Crippen molar-refractivity contribution in [3.8, 4) is 5.75 Å². The number of nitrogens with one attached hydrogen (secondary N) is 1. The second-order valence-electron chi connectivity index (χ2n) is 6.51. The maximum Gasteiger partial charge on any atom is 0.223 e. The second-order valence-corrected chi connectivity index (χ2v) is 6.51. The number of aromatic amines is 1. The van der Waals surface area contributed by atoms with E-state index in [0.717, 1.165) is 25.2 Å². The molecule has 1 saturated heterocycles. The van der Waals surface area contributed by atoms with Gasteiger partial charge in [0.25, 0.3) is 0 Å². The normalized spacial score (nSPS) is 26.4. The molecule has 1 aromatic rings. The predicted octanol–water partition coefficient (Wildman–Crippen LogP) is 1.37. The monoisotopic (exact) mass is 280 g/mol. The first-order valence-corrected chi connectivity index (χ1v) is 6.95. The third-order valence-electron chi connectivity index (χ3n) is 4.54. The van der Waals surface area contributed by atoms with Crippen molar-refractivity contribution in [2.24, 2.45) is 5.41 Å². The molecule has 0 aromatic carbocycles. The van der Waals surface area contributed by atoms with Crippen molar-refractivity contribution >= 4 is 0 Å². The highest BCUT2D eigenvalue weighted by atomic mass is 16.5. The summed E-state index contributed by atoms with van der Waals surface area (Å²) in [4.78, 5) is 17.1. The summed E-state index contributed by atoms with van der Waals surface area (Å²) in [5.74, 6) is 0.329. The largest absolute Gasteiger partial charge is 0.491 e. The minimum Gasteiger partial charge on any atom is -0.491 e. The maximum absolute atomic E-state index is 11.7. The van der Waals surface area contributed by atoms with Gasteiger partial charge in [0, 0.05) is 43.0 Å². The fourth-order valence-electron chi connectivity index (χ4n) is 2.65. The predicted molar refractivity (Wildman–Crippen MR) is 77.9 cm³/mol. The molecule has 1 aliphatic rings. The number of hydrogen-bond acceptors (Lipinski definition) is 4. The van der Waals surface area contributed by atoms with E-state index in [1.54, 1.807) is 12.3 Å². The number of nitrogens with zero attached hydrogens (tertiary/aromatic N) is 1. The van der Waals surface area contributed by atoms with E-state index in [0.29, 0.717) is 12.3 Å². The molecule has 2 rings (SSSR count). The third-order valence-corrected chi connectivity index (χ3v) is 4.54. The van der Waals surface area contributed by atoms with Crippen LogP contribution in [0.15, 0.2) is 17.1 Å². The van der Waals surface area contributed by atoms with Crippen LogP contribution in [0.5, 0.6) is 5.75 Å². The van der Waals surface area contributed by atoms with Crippen LogP contribution in [-0.2, 0) is 6.54 Å². The van der Waals surface area contributed by atoms with Gasteiger partial charge >= 0.3 is 0 Å². The standard InChI is InChI=1S/C15H24N2O3/c1-14(2)10-17(6-5-15(14,3)19)9-11-7-12(18)13(20-4)8-16-11/h7-8,19H,5-6,9-10H2,1-4H3,(H,16,18)/t15-/m1/s1. The quantitative estimate of drug-likeness (QED) is 0.877. The lowest BCUT2D eigenvalue weighted by molar-refractivity contribution is -0.107. The molecule has 0 saturated carbocycles. The molecule has 5 nitrogen and oxygen atoms in total. The molecule has 0 radical (unpaired) electrons. The van der Waals surface area contributed by atoms with E-state index in [4.69, 9.17) is 4.74 Å². The van der Waals surface area contributed by atoms with E-state index < -0.39 is 5.60 Å². The summed E-state index contributed by atoms with van der Waals surface area (Å²) < 4.78 is 4.96. The molecule has 2 heterocycles. The third kappa shape index (κ3) is 2.88. The van der Waals surface area contributed by atoms with Gasteiger partial charge in [-0.15, -0.1) is 0 Å². The molecule has 1 atom stereocenters. The second kappa shape index (κ2) is 5.22. The topological polar surface area (TPSA) is 65.6 Å². The van der Waals surface area contributed by atoms with Gasteiger partial charge in [-0.3, -0.25) is 9.69 Å². The molecule has 1 fully saturated rings. The molecule has 0 bridgehead atoms. The fraction of sp³-hybridized carbons (Fsp3) is 0.667. The van der Waals surface area contributed by atoms with Gasteiger partial charge in [0.1, 0.15) is 0 Å². The summed E-state index contributed by atoms with van der Waals surface area (Å²) in [6.07, 6.45) is 2.34. The van der Waals surface area contributed by atoms with Crippen molar-refractivity contribution in [3.63, 3.8) is 0 Å². The minimum absolute atomic E-state index is 0.107. The first-order valence-electron chi connectivity index (χ1n) is 6.95. The number of likely N-dealkylation sites (tertiary alicyclic amines) is 1. The van der Waals surface area contributed by atoms with Crippen LogP contribution in [0.1, 0.15) is 32.9 Å². The number of aromatic nitrogens is 1. The summed E-state index contributed by atoms with van der Waals surface area (Å²) in [5.41, 5.74) is -0.0490. The van der Waals surface area contributed by atoms with Crippen molar-refractivity contribution in [2.45, 2.75) is 39.3 Å². The van der Waals surface area contributed by atoms with Crippen LogP contribution < -0.4 is 10.2 Å². The number of aliphatic hydroxyl groups is 1. The van der Waals surface area contributed by atoms with Crippen LogP contribution in [-0.4, -0.2) is 40.8 Å². The van der Waals surface area contributed by atoms with Crippen molar-refractivity contribution in [1.29, 1.82) is 0 Å². The Labute approximate surface area is 119 Å². The van der Waals surface area contributed by atoms with Gasteiger partial charge < -0.3 is 14.8 Å². The number of piperidine rings is 1. The molecule has 1 aliphatic heterocycles. The van der Waals surface area contributed by atoms with E-state index in [1.165, 1.54) is 7.11 Å². The summed E-state index contributed by atoms with van der Waals surface area (Å²) in [5, 5.41) is 10.4. The summed E-state index contributed by atoms with van der Waals surface area (Å²) in [7, 11) is 1.49. The number of pyridine rings is 1. The first-order chi connectivity index (χ1) is 9.25. The Bertz CT molecular complexity index is 534. The molecule has 2 N–H and O–H groups in total. The molecular weight excluding hydrogens is 256 g/mol. The lowest BCUT2D eigenvalue weighted by atomic mass is 9.71. The highest BCUT2D eigenvalue weighted by Crippen LogP contribution is 2.38. The molecule has 1 aromatic heterocycles. The van der Waals surface area contributed by atoms with Gasteiger partial charge in [-0.25, -0.2) is 0 Å². The van der Waals surface area contributed by atoms with Crippen molar-refractivity contribution in [1.82, 2.24) is 9.88 Å².